The molecule has 0 saturated carbocycles. The molecule has 0 atom stereocenters. The molecular formula is C36H35Cl2N9O5. The second kappa shape index (κ2) is 18.9. The number of methoxy groups -OCH3 is 1. The number of aromatic nitrogens is 6. The number of hydrazone groups is 1. The summed E-state index contributed by atoms with van der Waals surface area (Å²) in [5.41, 5.74) is 9.91. The monoisotopic (exact) mass is 743 g/mol. The highest BCUT2D eigenvalue weighted by Gasteiger charge is 2.20. The van der Waals surface area contributed by atoms with E-state index in [0.29, 0.717) is 53.0 Å². The number of ketones is 1. The van der Waals surface area contributed by atoms with Crippen LogP contribution in [0.15, 0.2) is 94.8 Å². The number of nitrogen functional groups attached to an aromatic ring is 1. The molecule has 3 aromatic heterocycles. The lowest BCUT2D eigenvalue weighted by molar-refractivity contribution is -0.130. The summed E-state index contributed by atoms with van der Waals surface area (Å²) in [6.45, 7) is 0. The van der Waals surface area contributed by atoms with Crippen molar-refractivity contribution in [2.45, 2.75) is 32.1 Å². The highest BCUT2D eigenvalue weighted by molar-refractivity contribution is 6.30. The first-order valence-corrected chi connectivity index (χ1v) is 16.5. The van der Waals surface area contributed by atoms with Crippen molar-refractivity contribution < 1.29 is 19.1 Å². The topological polar surface area (TPSA) is 189 Å². The van der Waals surface area contributed by atoms with Crippen LogP contribution in [0.25, 0.3) is 0 Å². The Hall–Kier alpha value is -5.86. The van der Waals surface area contributed by atoms with Gasteiger partial charge in [-0.25, -0.2) is 14.5 Å². The van der Waals surface area contributed by atoms with Gasteiger partial charge in [-0.3, -0.25) is 14.4 Å². The van der Waals surface area contributed by atoms with Crippen LogP contribution in [0.3, 0.4) is 0 Å². The van der Waals surface area contributed by atoms with E-state index in [9.17, 15) is 19.2 Å². The number of halogens is 2. The van der Waals surface area contributed by atoms with Crippen molar-refractivity contribution in [3.63, 3.8) is 0 Å². The Kier molecular flexibility index (Phi) is 14.2. The summed E-state index contributed by atoms with van der Waals surface area (Å²) in [4.78, 5) is 45.5. The molecule has 1 amide bonds. The Morgan fingerprint density at radius 2 is 1.35 bits per heavy atom. The number of anilines is 1. The molecule has 2 aromatic carbocycles. The lowest BCUT2D eigenvalue weighted by Crippen LogP contribution is -2.29. The smallest absolute Gasteiger partial charge is 0.358 e. The Bertz CT molecular complexity index is 2110. The first-order chi connectivity index (χ1) is 24.9. The molecule has 0 saturated heterocycles. The van der Waals surface area contributed by atoms with Gasteiger partial charge in [0.25, 0.3) is 5.56 Å². The summed E-state index contributed by atoms with van der Waals surface area (Å²) in [7, 11) is 4.46. The highest BCUT2D eigenvalue weighted by Crippen LogP contribution is 2.16. The lowest BCUT2D eigenvalue weighted by atomic mass is 10.0. The second-order valence-electron chi connectivity index (χ2n) is 11.3. The van der Waals surface area contributed by atoms with Gasteiger partial charge in [-0.1, -0.05) is 47.5 Å². The van der Waals surface area contributed by atoms with Crippen molar-refractivity contribution in [1.29, 1.82) is 0 Å². The molecular weight excluding hydrogens is 709 g/mol. The Labute approximate surface area is 309 Å². The molecule has 0 bridgehead atoms. The van der Waals surface area contributed by atoms with Gasteiger partial charge in [-0.2, -0.15) is 20.4 Å². The zero-order valence-corrected chi connectivity index (χ0v) is 30.1. The minimum atomic E-state index is -0.489. The summed E-state index contributed by atoms with van der Waals surface area (Å²) < 4.78 is 5.74. The van der Waals surface area contributed by atoms with Crippen molar-refractivity contribution in [2.75, 3.05) is 19.9 Å². The number of benzene rings is 2. The molecule has 5 aromatic rings. The Morgan fingerprint density at radius 1 is 0.769 bits per heavy atom. The van der Waals surface area contributed by atoms with Gasteiger partial charge < -0.3 is 10.5 Å². The molecule has 52 heavy (non-hydrogen) atoms. The molecule has 14 nitrogen and oxygen atoms in total. The fourth-order valence-electron chi connectivity index (χ4n) is 4.63. The van der Waals surface area contributed by atoms with E-state index in [1.165, 1.54) is 28.9 Å². The third-order valence-electron chi connectivity index (χ3n) is 7.29. The van der Waals surface area contributed by atoms with Crippen molar-refractivity contribution >= 4 is 52.4 Å². The van der Waals surface area contributed by atoms with Crippen LogP contribution >= 0.6 is 23.2 Å². The van der Waals surface area contributed by atoms with E-state index in [1.54, 1.807) is 38.4 Å². The molecule has 2 N–H and O–H groups in total. The largest absolute Gasteiger partial charge is 0.464 e. The maximum Gasteiger partial charge on any atom is 0.358 e. The molecule has 0 aliphatic carbocycles. The average Bonchev–Trinajstić information content (AvgIpc) is 3.12. The van der Waals surface area contributed by atoms with E-state index in [-0.39, 0.29) is 29.4 Å². The minimum absolute atomic E-state index is 0.0404. The van der Waals surface area contributed by atoms with Crippen LogP contribution in [0.4, 0.5) is 5.82 Å². The molecule has 0 spiro atoms. The minimum Gasteiger partial charge on any atom is -0.464 e. The average molecular weight is 745 g/mol. The van der Waals surface area contributed by atoms with Crippen LogP contribution in [0.1, 0.15) is 62.8 Å². The number of amides is 1. The number of hydrogen-bond acceptors (Lipinski definition) is 12. The first kappa shape index (κ1) is 38.9. The van der Waals surface area contributed by atoms with Crippen LogP contribution < -0.4 is 11.3 Å². The maximum absolute atomic E-state index is 12.3. The molecule has 0 unspecified atom stereocenters. The van der Waals surface area contributed by atoms with Crippen LogP contribution in [-0.4, -0.2) is 72.7 Å². The maximum atomic E-state index is 12.3. The summed E-state index contributed by atoms with van der Waals surface area (Å²) in [5.74, 6) is -0.321. The number of esters is 1. The summed E-state index contributed by atoms with van der Waals surface area (Å²) in [6, 6.07) is 24.7. The van der Waals surface area contributed by atoms with Crippen molar-refractivity contribution in [2.24, 2.45) is 12.1 Å². The molecule has 1 aliphatic heterocycles. The van der Waals surface area contributed by atoms with E-state index in [4.69, 9.17) is 28.9 Å². The number of Topliss-reactive ketones (excluding diaryl/α,β-unsaturated/α-hetero) is 1. The van der Waals surface area contributed by atoms with Crippen LogP contribution in [0.5, 0.6) is 0 Å². The van der Waals surface area contributed by atoms with E-state index in [0.717, 1.165) is 22.5 Å². The second-order valence-corrected chi connectivity index (χ2v) is 12.2. The Balaban J connectivity index is 0.000000194. The Morgan fingerprint density at radius 3 is 1.81 bits per heavy atom. The number of nitrogens with zero attached hydrogens (tertiary/aromatic N) is 8. The van der Waals surface area contributed by atoms with Crippen LogP contribution in [0.2, 0.25) is 10.0 Å². The van der Waals surface area contributed by atoms with Crippen molar-refractivity contribution in [3.8, 4) is 0 Å². The highest BCUT2D eigenvalue weighted by atomic mass is 35.5. The fraction of sp³-hybridized carbons (Fsp3) is 0.222. The first-order valence-electron chi connectivity index (χ1n) is 15.8. The quantitative estimate of drug-likeness (QED) is 0.170. The molecule has 0 radical (unpaired) electrons. The third kappa shape index (κ3) is 12.2. The molecule has 1 aliphatic rings. The predicted molar refractivity (Wildman–Crippen MR) is 196 cm³/mol. The summed E-state index contributed by atoms with van der Waals surface area (Å²) in [6.07, 6.45) is 2.26. The molecule has 268 valence electrons. The lowest BCUT2D eigenvalue weighted by Gasteiger charge is -2.18. The van der Waals surface area contributed by atoms with Gasteiger partial charge in [0.2, 0.25) is 5.91 Å². The molecule has 6 rings (SSSR count). The number of carbonyl (C=O) groups excluding carboxylic acids is 3. The van der Waals surface area contributed by atoms with E-state index < -0.39 is 5.97 Å². The standard InChI is InChI=1S/C18H17ClN4O2.C13H11ClN2O2.C5H7N3O/c1-23-18(25)8-6-15(22-23)11-17(24)16-7-5-14(20-21-16)10-12-3-2-4-13(19)9-12;1-18-13(17)12-6-5-11(15-16-12)8-9-3-2-4-10(14)7-9;1-8-5(9)3-2-4(6)7-8/h2-5,7,9H,6,8,10-11H2,1H3;2-7H,8H2,1H3;2-3H,1H3,(H2,6,7). The SMILES string of the molecule is CN1N=C(CC(=O)c2ccc(Cc3cccc(Cl)c3)nn2)CCC1=O.COC(=O)c1ccc(Cc2cccc(Cl)c2)nn1.Cn1nc(N)ccc1=O. The molecule has 0 fully saturated rings. The number of aryl methyl sites for hydroxylation is 1. The van der Waals surface area contributed by atoms with Gasteiger partial charge in [0, 0.05) is 55.2 Å². The fourth-order valence-corrected chi connectivity index (χ4v) is 5.06. The molecule has 4 heterocycles. The number of ether oxygens (including phenoxy) is 1. The zero-order valence-electron chi connectivity index (χ0n) is 28.6. The number of nitrogens with two attached hydrogens (primary N) is 1. The van der Waals surface area contributed by atoms with Crippen LogP contribution in [-0.2, 0) is 29.4 Å². The summed E-state index contributed by atoms with van der Waals surface area (Å²) in [5, 5.41) is 26.4. The number of carbonyl (C=O) groups is 3. The third-order valence-corrected chi connectivity index (χ3v) is 7.76. The number of rotatable bonds is 8. The summed E-state index contributed by atoms with van der Waals surface area (Å²) >= 11 is 11.9. The van der Waals surface area contributed by atoms with Gasteiger partial charge in [0.1, 0.15) is 11.5 Å². The van der Waals surface area contributed by atoms with Crippen molar-refractivity contribution in [3.05, 3.63) is 139 Å². The van der Waals surface area contributed by atoms with Gasteiger partial charge >= 0.3 is 5.97 Å². The van der Waals surface area contributed by atoms with Gasteiger partial charge in [0.05, 0.1) is 24.9 Å². The number of hydrogen-bond donors (Lipinski definition) is 1. The van der Waals surface area contributed by atoms with Gasteiger partial charge in [0.15, 0.2) is 11.5 Å². The van der Waals surface area contributed by atoms with Crippen LogP contribution in [0, 0.1) is 0 Å². The van der Waals surface area contributed by atoms with E-state index in [1.807, 2.05) is 48.5 Å². The van der Waals surface area contributed by atoms with Gasteiger partial charge in [-0.15, -0.1) is 10.2 Å². The normalized spacial score (nSPS) is 12.1. The van der Waals surface area contributed by atoms with Crippen molar-refractivity contribution in [1.82, 2.24) is 35.2 Å². The molecule has 16 heteroatoms. The van der Waals surface area contributed by atoms with E-state index in [2.05, 4.69) is 35.3 Å². The predicted octanol–water partition coefficient (Wildman–Crippen LogP) is 4.77. The van der Waals surface area contributed by atoms with E-state index >= 15 is 0 Å². The zero-order chi connectivity index (χ0) is 37.6. The van der Waals surface area contributed by atoms with Gasteiger partial charge in [-0.05, 0) is 72.1 Å².